The zero-order chi connectivity index (χ0) is 15.5. The lowest BCUT2D eigenvalue weighted by atomic mass is 10.2. The minimum absolute atomic E-state index is 0.176. The van der Waals surface area contributed by atoms with Gasteiger partial charge in [-0.15, -0.1) is 0 Å². The first-order chi connectivity index (χ1) is 10.7. The Hall–Kier alpha value is -1.38. The molecule has 3 saturated heterocycles. The third-order valence-electron chi connectivity index (χ3n) is 4.65. The van der Waals surface area contributed by atoms with Gasteiger partial charge in [0.1, 0.15) is 6.61 Å². The summed E-state index contributed by atoms with van der Waals surface area (Å²) in [7, 11) is 0. The number of hydrogen-bond donors (Lipinski definition) is 1. The van der Waals surface area contributed by atoms with E-state index in [1.807, 2.05) is 16.7 Å². The second-order valence-corrected chi connectivity index (χ2v) is 6.09. The molecule has 8 nitrogen and oxygen atoms in total. The Morgan fingerprint density at radius 2 is 1.91 bits per heavy atom. The molecule has 0 aromatic rings. The van der Waals surface area contributed by atoms with Crippen LogP contribution < -0.4 is 5.32 Å². The molecule has 3 fully saturated rings. The van der Waals surface area contributed by atoms with Gasteiger partial charge in [-0.05, 0) is 6.92 Å². The predicted octanol–water partition coefficient (Wildman–Crippen LogP) is -1.21. The zero-order valence-corrected chi connectivity index (χ0v) is 13.2. The van der Waals surface area contributed by atoms with E-state index < -0.39 is 0 Å². The van der Waals surface area contributed by atoms with Crippen molar-refractivity contribution < 1.29 is 14.3 Å². The van der Waals surface area contributed by atoms with Gasteiger partial charge in [-0.1, -0.05) is 0 Å². The van der Waals surface area contributed by atoms with E-state index in [0.717, 1.165) is 52.6 Å². The summed E-state index contributed by atoms with van der Waals surface area (Å²) in [5.41, 5.74) is 0. The lowest BCUT2D eigenvalue weighted by molar-refractivity contribution is -0.135. The number of hydrogen-bond acceptors (Lipinski definition) is 6. The van der Waals surface area contributed by atoms with Gasteiger partial charge in [0.05, 0.1) is 12.6 Å². The summed E-state index contributed by atoms with van der Waals surface area (Å²) in [5.74, 6) is 0.214. The van der Waals surface area contributed by atoms with E-state index in [-0.39, 0.29) is 18.0 Å². The molecule has 1 atom stereocenters. The van der Waals surface area contributed by atoms with Gasteiger partial charge in [0, 0.05) is 52.6 Å². The molecule has 3 rings (SSSR count). The van der Waals surface area contributed by atoms with Crippen molar-refractivity contribution in [3.8, 4) is 0 Å². The number of fused-ring (bicyclic) bond motifs is 1. The number of ether oxygens (including phenoxy) is 1. The molecule has 3 aliphatic rings. The molecule has 3 heterocycles. The second kappa shape index (κ2) is 6.80. The van der Waals surface area contributed by atoms with E-state index in [1.165, 1.54) is 0 Å². The van der Waals surface area contributed by atoms with Crippen LogP contribution in [-0.4, -0.2) is 103 Å². The van der Waals surface area contributed by atoms with Crippen LogP contribution in [-0.2, 0) is 9.53 Å². The molecule has 0 aromatic heterocycles. The fourth-order valence-electron chi connectivity index (χ4n) is 3.29. The van der Waals surface area contributed by atoms with Crippen LogP contribution in [0.3, 0.4) is 0 Å². The molecule has 8 heteroatoms. The molecule has 22 heavy (non-hydrogen) atoms. The Balaban J connectivity index is 1.36. The highest BCUT2D eigenvalue weighted by Gasteiger charge is 2.37. The summed E-state index contributed by atoms with van der Waals surface area (Å²) in [6.07, 6.45) is -0.176. The molecule has 0 aromatic carbocycles. The summed E-state index contributed by atoms with van der Waals surface area (Å²) in [6.45, 7) is 9.51. The van der Waals surface area contributed by atoms with Crippen molar-refractivity contribution in [2.45, 2.75) is 13.0 Å². The zero-order valence-electron chi connectivity index (χ0n) is 13.2. The van der Waals surface area contributed by atoms with Gasteiger partial charge in [-0.25, -0.2) is 4.79 Å². The number of cyclic esters (lactones) is 1. The average Bonchev–Trinajstić information content (AvgIpc) is 2.88. The maximum absolute atomic E-state index is 11.9. The summed E-state index contributed by atoms with van der Waals surface area (Å²) in [6, 6.07) is 0.192. The van der Waals surface area contributed by atoms with Crippen LogP contribution in [0.5, 0.6) is 0 Å². The Morgan fingerprint density at radius 1 is 1.14 bits per heavy atom. The summed E-state index contributed by atoms with van der Waals surface area (Å²) < 4.78 is 5.07. The van der Waals surface area contributed by atoms with E-state index in [2.05, 4.69) is 15.1 Å². The summed E-state index contributed by atoms with van der Waals surface area (Å²) >= 11 is 0. The van der Waals surface area contributed by atoms with Crippen LogP contribution in [0.4, 0.5) is 4.79 Å². The van der Waals surface area contributed by atoms with Crippen molar-refractivity contribution in [2.24, 2.45) is 0 Å². The van der Waals surface area contributed by atoms with Gasteiger partial charge >= 0.3 is 6.09 Å². The van der Waals surface area contributed by atoms with Gasteiger partial charge in [-0.3, -0.25) is 24.8 Å². The number of amides is 2. The third-order valence-corrected chi connectivity index (χ3v) is 4.65. The fraction of sp³-hybridized carbons (Fsp3) is 0.857. The maximum Gasteiger partial charge on any atom is 0.410 e. The second-order valence-electron chi connectivity index (χ2n) is 6.09. The van der Waals surface area contributed by atoms with Gasteiger partial charge in [0.25, 0.3) is 0 Å². The lowest BCUT2D eigenvalue weighted by Crippen LogP contribution is -2.56. The van der Waals surface area contributed by atoms with Gasteiger partial charge in [0.15, 0.2) is 0 Å². The monoisotopic (exact) mass is 311 g/mol. The first-order valence-corrected chi connectivity index (χ1v) is 8.04. The van der Waals surface area contributed by atoms with Crippen LogP contribution in [0.15, 0.2) is 0 Å². The number of nitrogens with zero attached hydrogens (tertiary/aromatic N) is 4. The molecule has 0 radical (unpaired) electrons. The van der Waals surface area contributed by atoms with Crippen molar-refractivity contribution in [2.75, 3.05) is 65.8 Å². The Bertz CT molecular complexity index is 433. The van der Waals surface area contributed by atoms with Gasteiger partial charge in [0.2, 0.25) is 5.91 Å². The number of carbonyl (C=O) groups excluding carboxylic acids is 2. The molecular weight excluding hydrogens is 286 g/mol. The smallest absolute Gasteiger partial charge is 0.410 e. The van der Waals surface area contributed by atoms with Crippen molar-refractivity contribution in [1.82, 2.24) is 24.9 Å². The topological polar surface area (TPSA) is 68.4 Å². The first-order valence-electron chi connectivity index (χ1n) is 8.04. The fourth-order valence-corrected chi connectivity index (χ4v) is 3.29. The van der Waals surface area contributed by atoms with Crippen LogP contribution >= 0.6 is 0 Å². The summed E-state index contributed by atoms with van der Waals surface area (Å²) in [5, 5.41) is 3.41. The highest BCUT2D eigenvalue weighted by Crippen LogP contribution is 2.17. The molecule has 124 valence electrons. The molecule has 0 spiro atoms. The predicted molar refractivity (Wildman–Crippen MR) is 80.1 cm³/mol. The van der Waals surface area contributed by atoms with Crippen molar-refractivity contribution in [1.29, 1.82) is 0 Å². The third kappa shape index (κ3) is 3.34. The molecule has 0 saturated carbocycles. The van der Waals surface area contributed by atoms with Crippen LogP contribution in [0, 0.1) is 0 Å². The van der Waals surface area contributed by atoms with Crippen LogP contribution in [0.2, 0.25) is 0 Å². The van der Waals surface area contributed by atoms with Crippen LogP contribution in [0.1, 0.15) is 6.92 Å². The standard InChI is InChI=1S/C14H25N5O3/c1-2-18-5-3-17(8-13(18)20)11-15-10-16-4-6-19-12(7-16)9-22-14(19)21/h12,15H,2-11H2,1H3. The van der Waals surface area contributed by atoms with Crippen molar-refractivity contribution in [3.05, 3.63) is 0 Å². The van der Waals surface area contributed by atoms with Crippen LogP contribution in [0.25, 0.3) is 0 Å². The Morgan fingerprint density at radius 3 is 2.68 bits per heavy atom. The maximum atomic E-state index is 11.9. The Labute approximate surface area is 130 Å². The summed E-state index contributed by atoms with van der Waals surface area (Å²) in [4.78, 5) is 31.5. The normalized spacial score (nSPS) is 27.2. The molecule has 3 aliphatic heterocycles. The van der Waals surface area contributed by atoms with Crippen molar-refractivity contribution >= 4 is 12.0 Å². The molecular formula is C14H25N5O3. The number of likely N-dealkylation sites (N-methyl/N-ethyl adjacent to an activating group) is 1. The number of piperazine rings is 2. The average molecular weight is 311 g/mol. The van der Waals surface area contributed by atoms with E-state index in [1.54, 1.807) is 0 Å². The first kappa shape index (κ1) is 15.5. The van der Waals surface area contributed by atoms with E-state index in [4.69, 9.17) is 4.74 Å². The van der Waals surface area contributed by atoms with Gasteiger partial charge < -0.3 is 9.64 Å². The molecule has 2 amide bonds. The molecule has 0 bridgehead atoms. The number of nitrogens with one attached hydrogen (secondary N) is 1. The minimum Gasteiger partial charge on any atom is -0.447 e. The molecule has 0 aliphatic carbocycles. The highest BCUT2D eigenvalue weighted by molar-refractivity contribution is 5.78. The minimum atomic E-state index is -0.176. The Kier molecular flexibility index (Phi) is 4.80. The molecule has 1 unspecified atom stereocenters. The lowest BCUT2D eigenvalue weighted by Gasteiger charge is -2.37. The SMILES string of the molecule is CCN1CCN(CNCN2CCN3C(=O)OCC3C2)CC1=O. The van der Waals surface area contributed by atoms with E-state index in [0.29, 0.717) is 13.2 Å². The quantitative estimate of drug-likeness (QED) is 0.687. The van der Waals surface area contributed by atoms with E-state index >= 15 is 0 Å². The number of carbonyl (C=O) groups is 2. The van der Waals surface area contributed by atoms with E-state index in [9.17, 15) is 9.59 Å². The largest absolute Gasteiger partial charge is 0.447 e. The van der Waals surface area contributed by atoms with Gasteiger partial charge in [-0.2, -0.15) is 0 Å². The van der Waals surface area contributed by atoms with Crippen molar-refractivity contribution in [3.63, 3.8) is 0 Å². The number of rotatable bonds is 5. The molecule has 1 N–H and O–H groups in total. The highest BCUT2D eigenvalue weighted by atomic mass is 16.6.